The Balaban J connectivity index is 1.31. The molecule has 0 unspecified atom stereocenters. The van der Waals surface area contributed by atoms with Gasteiger partial charge in [-0.2, -0.15) is 0 Å². The van der Waals surface area contributed by atoms with Crippen LogP contribution in [0.4, 0.5) is 17.1 Å². The highest BCUT2D eigenvalue weighted by molar-refractivity contribution is 6.31. The third-order valence-electron chi connectivity index (χ3n) is 6.90. The summed E-state index contributed by atoms with van der Waals surface area (Å²) in [5.41, 5.74) is 5.35. The van der Waals surface area contributed by atoms with Gasteiger partial charge in [0.15, 0.2) is 0 Å². The number of likely N-dealkylation sites (tertiary alicyclic amines) is 1. The molecule has 3 aromatic rings. The van der Waals surface area contributed by atoms with E-state index in [1.165, 1.54) is 24.8 Å². The van der Waals surface area contributed by atoms with Crippen LogP contribution >= 0.6 is 0 Å². The minimum atomic E-state index is -0.461. The summed E-state index contributed by atoms with van der Waals surface area (Å²) in [6, 6.07) is 20.4. The van der Waals surface area contributed by atoms with Crippen LogP contribution < -0.4 is 16.0 Å². The molecule has 0 aromatic heterocycles. The predicted octanol–water partition coefficient (Wildman–Crippen LogP) is 5.32. The number of piperidine rings is 1. The van der Waals surface area contributed by atoms with E-state index in [0.29, 0.717) is 34.6 Å². The number of ether oxygens (including phenoxy) is 1. The minimum Gasteiger partial charge on any atom is -0.462 e. The monoisotopic (exact) mass is 524 g/mol. The van der Waals surface area contributed by atoms with Crippen molar-refractivity contribution in [3.05, 3.63) is 95.2 Å². The number of esters is 1. The van der Waals surface area contributed by atoms with Crippen molar-refractivity contribution in [1.82, 2.24) is 10.2 Å². The van der Waals surface area contributed by atoms with E-state index in [9.17, 15) is 14.4 Å². The lowest BCUT2D eigenvalue weighted by Gasteiger charge is -2.26. The Labute approximate surface area is 228 Å². The van der Waals surface area contributed by atoms with Crippen molar-refractivity contribution < 1.29 is 19.1 Å². The number of hydrogen-bond acceptors (Lipinski definition) is 7. The van der Waals surface area contributed by atoms with Crippen molar-refractivity contribution in [3.63, 3.8) is 0 Å². The fourth-order valence-corrected chi connectivity index (χ4v) is 4.85. The molecule has 0 bridgehead atoms. The zero-order valence-electron chi connectivity index (χ0n) is 22.0. The maximum Gasteiger partial charge on any atom is 0.338 e. The summed E-state index contributed by atoms with van der Waals surface area (Å²) in [6.45, 7) is 5.32. The van der Waals surface area contributed by atoms with E-state index in [1.807, 2.05) is 12.1 Å². The van der Waals surface area contributed by atoms with Gasteiger partial charge in [0, 0.05) is 40.9 Å². The Kier molecular flexibility index (Phi) is 8.03. The van der Waals surface area contributed by atoms with Crippen molar-refractivity contribution in [2.24, 2.45) is 0 Å². The Morgan fingerprint density at radius 2 is 1.56 bits per heavy atom. The Hall–Kier alpha value is -4.43. The third kappa shape index (κ3) is 6.35. The molecule has 2 amide bonds. The molecular weight excluding hydrogens is 492 g/mol. The van der Waals surface area contributed by atoms with Gasteiger partial charge < -0.3 is 15.4 Å². The maximum atomic E-state index is 12.8. The highest BCUT2D eigenvalue weighted by atomic mass is 16.5. The van der Waals surface area contributed by atoms with Crippen molar-refractivity contribution in [2.75, 3.05) is 30.3 Å². The van der Waals surface area contributed by atoms with E-state index in [2.05, 4.69) is 33.0 Å². The third-order valence-corrected chi connectivity index (χ3v) is 6.90. The predicted molar refractivity (Wildman–Crippen MR) is 152 cm³/mol. The highest BCUT2D eigenvalue weighted by Crippen LogP contribution is 2.29. The SMILES string of the molecule is CCOC(=O)c1ccc(Nc2ccc3c(c2)C(=CNc2ccc(CN4CCCCC4)cc2)C(=O)NC3=O)cc1. The number of carbonyl (C=O) groups is 3. The first-order chi connectivity index (χ1) is 19.0. The van der Waals surface area contributed by atoms with Crippen LogP contribution in [0.25, 0.3) is 5.57 Å². The summed E-state index contributed by atoms with van der Waals surface area (Å²) < 4.78 is 5.03. The van der Waals surface area contributed by atoms with E-state index in [-0.39, 0.29) is 5.97 Å². The van der Waals surface area contributed by atoms with E-state index < -0.39 is 11.8 Å². The van der Waals surface area contributed by atoms with Crippen LogP contribution in [0.1, 0.15) is 58.0 Å². The van der Waals surface area contributed by atoms with Crippen LogP contribution in [0.15, 0.2) is 72.9 Å². The van der Waals surface area contributed by atoms with E-state index in [4.69, 9.17) is 4.74 Å². The summed E-state index contributed by atoms with van der Waals surface area (Å²) in [5, 5.41) is 8.90. The summed E-state index contributed by atoms with van der Waals surface area (Å²) >= 11 is 0. The molecule has 8 heteroatoms. The number of fused-ring (bicyclic) bond motifs is 1. The minimum absolute atomic E-state index is 0.314. The normalized spacial score (nSPS) is 16.4. The van der Waals surface area contributed by atoms with Crippen molar-refractivity contribution >= 4 is 40.4 Å². The molecule has 0 saturated carbocycles. The molecule has 8 nitrogen and oxygen atoms in total. The van der Waals surface area contributed by atoms with Crippen LogP contribution in [0.5, 0.6) is 0 Å². The van der Waals surface area contributed by atoms with E-state index >= 15 is 0 Å². The van der Waals surface area contributed by atoms with Crippen molar-refractivity contribution in [2.45, 2.75) is 32.7 Å². The van der Waals surface area contributed by atoms with Crippen molar-refractivity contribution in [1.29, 1.82) is 0 Å². The van der Waals surface area contributed by atoms with Gasteiger partial charge in [0.25, 0.3) is 11.8 Å². The second-order valence-electron chi connectivity index (χ2n) is 9.70. The van der Waals surface area contributed by atoms with Gasteiger partial charge in [0.1, 0.15) is 0 Å². The first-order valence-electron chi connectivity index (χ1n) is 13.3. The van der Waals surface area contributed by atoms with Gasteiger partial charge in [-0.3, -0.25) is 19.8 Å². The first kappa shape index (κ1) is 26.2. The first-order valence-corrected chi connectivity index (χ1v) is 13.3. The van der Waals surface area contributed by atoms with Crippen LogP contribution in [0.3, 0.4) is 0 Å². The summed E-state index contributed by atoms with van der Waals surface area (Å²) in [4.78, 5) is 39.7. The molecule has 2 heterocycles. The average Bonchev–Trinajstić information content (AvgIpc) is 2.95. The summed E-state index contributed by atoms with van der Waals surface area (Å²) in [7, 11) is 0. The van der Waals surface area contributed by atoms with Crippen molar-refractivity contribution in [3.8, 4) is 0 Å². The van der Waals surface area contributed by atoms with Gasteiger partial charge in [-0.1, -0.05) is 18.6 Å². The number of anilines is 3. The van der Waals surface area contributed by atoms with Gasteiger partial charge in [-0.05, 0) is 93.0 Å². The highest BCUT2D eigenvalue weighted by Gasteiger charge is 2.27. The smallest absolute Gasteiger partial charge is 0.338 e. The number of hydrogen-bond donors (Lipinski definition) is 3. The molecule has 3 aromatic carbocycles. The molecular formula is C31H32N4O4. The Bertz CT molecular complexity index is 1390. The van der Waals surface area contributed by atoms with Crippen LogP contribution in [-0.2, 0) is 16.1 Å². The number of benzene rings is 3. The van der Waals surface area contributed by atoms with E-state index in [0.717, 1.165) is 31.0 Å². The lowest BCUT2D eigenvalue weighted by molar-refractivity contribution is -0.114. The molecule has 0 aliphatic carbocycles. The van der Waals surface area contributed by atoms with Gasteiger partial charge in [-0.15, -0.1) is 0 Å². The van der Waals surface area contributed by atoms with Crippen LogP contribution in [0.2, 0.25) is 0 Å². The number of imide groups is 1. The standard InChI is InChI=1S/C31H32N4O4/c1-2-39-31(38)22-8-12-24(13-9-22)33-25-14-15-26-27(18-25)28(30(37)34-29(26)36)19-32-23-10-6-21(7-11-23)20-35-16-4-3-5-17-35/h6-15,18-19,32-33H,2-5,16-17,20H2,1H3,(H,34,36,37). The second kappa shape index (κ2) is 12.0. The molecule has 2 aliphatic heterocycles. The van der Waals surface area contributed by atoms with E-state index in [1.54, 1.807) is 55.6 Å². The lowest BCUT2D eigenvalue weighted by Crippen LogP contribution is -2.36. The van der Waals surface area contributed by atoms with Crippen LogP contribution in [0, 0.1) is 0 Å². The van der Waals surface area contributed by atoms with Gasteiger partial charge in [-0.25, -0.2) is 4.79 Å². The quantitative estimate of drug-likeness (QED) is 0.208. The molecule has 0 atom stereocenters. The molecule has 2 aliphatic rings. The topological polar surface area (TPSA) is 99.8 Å². The fourth-order valence-electron chi connectivity index (χ4n) is 4.85. The molecule has 1 saturated heterocycles. The number of nitrogens with zero attached hydrogens (tertiary/aromatic N) is 1. The van der Waals surface area contributed by atoms with Gasteiger partial charge in [0.05, 0.1) is 17.7 Å². The lowest BCUT2D eigenvalue weighted by atomic mass is 9.94. The maximum absolute atomic E-state index is 12.8. The van der Waals surface area contributed by atoms with Gasteiger partial charge >= 0.3 is 5.97 Å². The zero-order valence-corrected chi connectivity index (χ0v) is 22.0. The molecule has 0 radical (unpaired) electrons. The molecule has 39 heavy (non-hydrogen) atoms. The summed E-state index contributed by atoms with van der Waals surface area (Å²) in [6.07, 6.45) is 5.48. The Morgan fingerprint density at radius 3 is 2.28 bits per heavy atom. The number of amides is 2. The molecule has 3 N–H and O–H groups in total. The molecule has 5 rings (SSSR count). The Morgan fingerprint density at radius 1 is 0.872 bits per heavy atom. The molecule has 200 valence electrons. The number of rotatable bonds is 8. The number of nitrogens with one attached hydrogen (secondary N) is 3. The summed E-state index contributed by atoms with van der Waals surface area (Å²) in [5.74, 6) is -1.27. The molecule has 0 spiro atoms. The fraction of sp³-hybridized carbons (Fsp3) is 0.258. The average molecular weight is 525 g/mol. The zero-order chi connectivity index (χ0) is 27.2. The number of carbonyl (C=O) groups excluding carboxylic acids is 3. The largest absolute Gasteiger partial charge is 0.462 e. The van der Waals surface area contributed by atoms with Gasteiger partial charge in [0.2, 0.25) is 0 Å². The second-order valence-corrected chi connectivity index (χ2v) is 9.70. The van der Waals surface area contributed by atoms with Crippen LogP contribution in [-0.4, -0.2) is 42.4 Å². The molecule has 1 fully saturated rings.